The molecule has 0 radical (unpaired) electrons. The van der Waals surface area contributed by atoms with Gasteiger partial charge in [-0.1, -0.05) is 48.0 Å². The van der Waals surface area contributed by atoms with Crippen molar-refractivity contribution in [3.05, 3.63) is 83.1 Å². The van der Waals surface area contributed by atoms with Crippen molar-refractivity contribution in [2.45, 2.75) is 31.9 Å². The lowest BCUT2D eigenvalue weighted by molar-refractivity contribution is -0.147. The number of rotatable bonds is 8. The Kier molecular flexibility index (Phi) is 8.34. The van der Waals surface area contributed by atoms with E-state index in [0.29, 0.717) is 16.3 Å². The zero-order valence-corrected chi connectivity index (χ0v) is 19.1. The van der Waals surface area contributed by atoms with E-state index in [2.05, 4.69) is 15.6 Å². The fourth-order valence-corrected chi connectivity index (χ4v) is 3.58. The van der Waals surface area contributed by atoms with Crippen LogP contribution in [-0.2, 0) is 20.8 Å². The summed E-state index contributed by atoms with van der Waals surface area (Å²) >= 11 is 6.05. The second-order valence-electron chi connectivity index (χ2n) is 7.82. The third kappa shape index (κ3) is 6.87. The lowest BCUT2D eigenvalue weighted by atomic mass is 9.98. The molecule has 2 aromatic carbocycles. The summed E-state index contributed by atoms with van der Waals surface area (Å²) < 4.78 is 0. The van der Waals surface area contributed by atoms with E-state index in [-0.39, 0.29) is 12.8 Å². The van der Waals surface area contributed by atoms with Crippen molar-refractivity contribution >= 4 is 35.1 Å². The van der Waals surface area contributed by atoms with Crippen molar-refractivity contribution in [2.24, 2.45) is 0 Å². The first-order chi connectivity index (χ1) is 16.2. The van der Waals surface area contributed by atoms with Gasteiger partial charge in [-0.15, -0.1) is 0 Å². The van der Waals surface area contributed by atoms with E-state index >= 15 is 0 Å². The Morgan fingerprint density at radius 1 is 1.03 bits per heavy atom. The first-order valence-corrected chi connectivity index (χ1v) is 10.9. The highest BCUT2D eigenvalue weighted by atomic mass is 35.5. The van der Waals surface area contributed by atoms with Gasteiger partial charge in [0.2, 0.25) is 0 Å². The number of anilines is 1. The van der Waals surface area contributed by atoms with Gasteiger partial charge in [0, 0.05) is 35.6 Å². The summed E-state index contributed by atoms with van der Waals surface area (Å²) in [6.45, 7) is 1.74. The molecule has 4 N–H and O–H groups in total. The highest BCUT2D eigenvalue weighted by molar-refractivity contribution is 6.39. The summed E-state index contributed by atoms with van der Waals surface area (Å²) in [5.74, 6) is -3.25. The van der Waals surface area contributed by atoms with Crippen LogP contribution in [0.2, 0.25) is 5.02 Å². The molecule has 3 aromatic rings. The van der Waals surface area contributed by atoms with Crippen molar-refractivity contribution in [1.82, 2.24) is 10.3 Å². The molecular formula is C25H24ClN3O5. The number of pyridine rings is 1. The van der Waals surface area contributed by atoms with E-state index in [4.69, 9.17) is 16.7 Å². The Morgan fingerprint density at radius 3 is 2.41 bits per heavy atom. The van der Waals surface area contributed by atoms with Crippen LogP contribution < -0.4 is 10.6 Å². The lowest BCUT2D eigenvalue weighted by Crippen LogP contribution is -2.45. The van der Waals surface area contributed by atoms with Gasteiger partial charge in [-0.2, -0.15) is 0 Å². The van der Waals surface area contributed by atoms with Gasteiger partial charge < -0.3 is 20.8 Å². The molecule has 3 rings (SSSR count). The summed E-state index contributed by atoms with van der Waals surface area (Å²) in [6, 6.07) is 15.6. The van der Waals surface area contributed by atoms with Gasteiger partial charge in [-0.25, -0.2) is 4.79 Å². The molecule has 2 unspecified atom stereocenters. The van der Waals surface area contributed by atoms with Gasteiger partial charge in [0.1, 0.15) is 0 Å². The third-order valence-corrected chi connectivity index (χ3v) is 5.43. The maximum atomic E-state index is 12.5. The third-order valence-electron chi connectivity index (χ3n) is 5.20. The molecule has 0 aliphatic rings. The number of hydrogen-bond acceptors (Lipinski definition) is 5. The number of carbonyl (C=O) groups excluding carboxylic acids is 2. The first-order valence-electron chi connectivity index (χ1n) is 10.5. The number of hydrogen-bond donors (Lipinski definition) is 4. The van der Waals surface area contributed by atoms with Gasteiger partial charge in [0.15, 0.2) is 6.10 Å². The minimum Gasteiger partial charge on any atom is -0.479 e. The smallest absolute Gasteiger partial charge is 0.332 e. The van der Waals surface area contributed by atoms with Crippen LogP contribution in [0.15, 0.2) is 67.0 Å². The standard InChI is InChI=1S/C25H24ClN3O5/c1-15-14-27-10-9-21(15)29-24(32)23(31)28-20(13-22(30)25(33)34)11-16-5-7-17(8-6-16)18-3-2-4-19(26)12-18/h2-10,12,14,20,22,30H,11,13H2,1H3,(H,28,31)(H,33,34)(H,27,29,32). The quantitative estimate of drug-likeness (QED) is 0.366. The molecule has 0 aliphatic carbocycles. The van der Waals surface area contributed by atoms with Crippen LogP contribution in [0, 0.1) is 6.92 Å². The van der Waals surface area contributed by atoms with Gasteiger partial charge >= 0.3 is 17.8 Å². The number of carboxylic acid groups (broad SMARTS) is 1. The molecule has 1 heterocycles. The van der Waals surface area contributed by atoms with Gasteiger partial charge in [-0.3, -0.25) is 14.6 Å². The zero-order chi connectivity index (χ0) is 24.7. The number of carbonyl (C=O) groups is 3. The van der Waals surface area contributed by atoms with Crippen LogP contribution in [0.1, 0.15) is 17.5 Å². The molecule has 0 bridgehead atoms. The number of aliphatic carboxylic acids is 1. The van der Waals surface area contributed by atoms with Crippen LogP contribution in [0.4, 0.5) is 5.69 Å². The Bertz CT molecular complexity index is 1180. The van der Waals surface area contributed by atoms with Crippen LogP contribution in [-0.4, -0.2) is 45.1 Å². The monoisotopic (exact) mass is 481 g/mol. The molecule has 1 aromatic heterocycles. The summed E-state index contributed by atoms with van der Waals surface area (Å²) in [6.07, 6.45) is 1.29. The van der Waals surface area contributed by atoms with Crippen LogP contribution >= 0.6 is 11.6 Å². The number of nitrogens with zero attached hydrogens (tertiary/aromatic N) is 1. The summed E-state index contributed by atoms with van der Waals surface area (Å²) in [7, 11) is 0. The topological polar surface area (TPSA) is 129 Å². The molecule has 9 heteroatoms. The van der Waals surface area contributed by atoms with Crippen molar-refractivity contribution in [2.75, 3.05) is 5.32 Å². The van der Waals surface area contributed by atoms with E-state index in [9.17, 15) is 19.5 Å². The van der Waals surface area contributed by atoms with Crippen LogP contribution in [0.25, 0.3) is 11.1 Å². The lowest BCUT2D eigenvalue weighted by Gasteiger charge is -2.20. The number of halogens is 1. The minimum atomic E-state index is -1.69. The Labute approximate surface area is 201 Å². The van der Waals surface area contributed by atoms with Gasteiger partial charge in [-0.05, 0) is 53.8 Å². The van der Waals surface area contributed by atoms with Crippen molar-refractivity contribution in [3.63, 3.8) is 0 Å². The SMILES string of the molecule is Cc1cnccc1NC(=O)C(=O)NC(Cc1ccc(-c2cccc(Cl)c2)cc1)CC(O)C(=O)O. The van der Waals surface area contributed by atoms with E-state index in [1.807, 2.05) is 42.5 Å². The zero-order valence-electron chi connectivity index (χ0n) is 18.4. The Hall–Kier alpha value is -3.75. The number of aromatic nitrogens is 1. The predicted octanol–water partition coefficient (Wildman–Crippen LogP) is 3.21. The molecule has 34 heavy (non-hydrogen) atoms. The number of amides is 2. The number of nitrogens with one attached hydrogen (secondary N) is 2. The largest absolute Gasteiger partial charge is 0.479 e. The molecule has 2 amide bonds. The van der Waals surface area contributed by atoms with Crippen molar-refractivity contribution in [3.8, 4) is 11.1 Å². The number of aryl methyl sites for hydroxylation is 1. The average molecular weight is 482 g/mol. The Balaban J connectivity index is 1.71. The van der Waals surface area contributed by atoms with Crippen molar-refractivity contribution < 1.29 is 24.6 Å². The molecule has 0 fully saturated rings. The van der Waals surface area contributed by atoms with Gasteiger partial charge in [0.25, 0.3) is 0 Å². The normalized spacial score (nSPS) is 12.4. The predicted molar refractivity (Wildman–Crippen MR) is 128 cm³/mol. The van der Waals surface area contributed by atoms with E-state index in [1.54, 1.807) is 25.3 Å². The van der Waals surface area contributed by atoms with E-state index in [0.717, 1.165) is 16.7 Å². The van der Waals surface area contributed by atoms with Crippen molar-refractivity contribution in [1.29, 1.82) is 0 Å². The highest BCUT2D eigenvalue weighted by Gasteiger charge is 2.25. The van der Waals surface area contributed by atoms with Gasteiger partial charge in [0.05, 0.1) is 0 Å². The van der Waals surface area contributed by atoms with E-state index < -0.39 is 29.9 Å². The number of aliphatic hydroxyl groups is 1. The van der Waals surface area contributed by atoms with Crippen LogP contribution in [0.5, 0.6) is 0 Å². The molecule has 0 spiro atoms. The molecule has 176 valence electrons. The molecule has 0 aliphatic heterocycles. The highest BCUT2D eigenvalue weighted by Crippen LogP contribution is 2.23. The molecular weight excluding hydrogens is 458 g/mol. The summed E-state index contributed by atoms with van der Waals surface area (Å²) in [5.41, 5.74) is 3.78. The number of carboxylic acids is 1. The maximum absolute atomic E-state index is 12.5. The van der Waals surface area contributed by atoms with Crippen LogP contribution in [0.3, 0.4) is 0 Å². The minimum absolute atomic E-state index is 0.216. The maximum Gasteiger partial charge on any atom is 0.332 e. The molecule has 0 saturated heterocycles. The fourth-order valence-electron chi connectivity index (χ4n) is 3.39. The summed E-state index contributed by atoms with van der Waals surface area (Å²) in [4.78, 5) is 40.0. The summed E-state index contributed by atoms with van der Waals surface area (Å²) in [5, 5.41) is 24.6. The molecule has 8 nitrogen and oxygen atoms in total. The Morgan fingerprint density at radius 2 is 1.76 bits per heavy atom. The first kappa shape index (κ1) is 24.9. The van der Waals surface area contributed by atoms with E-state index in [1.165, 1.54) is 6.20 Å². The second-order valence-corrected chi connectivity index (χ2v) is 8.25. The molecule has 2 atom stereocenters. The number of benzene rings is 2. The second kappa shape index (κ2) is 11.4. The number of aliphatic hydroxyl groups excluding tert-OH is 1. The molecule has 0 saturated carbocycles. The fraction of sp³-hybridized carbons (Fsp3) is 0.200. The average Bonchev–Trinajstić information content (AvgIpc) is 2.80.